The highest BCUT2D eigenvalue weighted by Gasteiger charge is 2.14. The first-order valence-corrected chi connectivity index (χ1v) is 6.32. The molecule has 1 N–H and O–H groups in total. The number of halogens is 1. The van der Waals surface area contributed by atoms with E-state index >= 15 is 0 Å². The Balaban J connectivity index is 2.02. The van der Waals surface area contributed by atoms with E-state index in [2.05, 4.69) is 11.4 Å². The molecule has 0 saturated carbocycles. The fourth-order valence-corrected chi connectivity index (χ4v) is 2.42. The van der Waals surface area contributed by atoms with Crippen molar-refractivity contribution >= 4 is 11.6 Å². The molecule has 0 aliphatic carbocycles. The van der Waals surface area contributed by atoms with Crippen molar-refractivity contribution in [2.45, 2.75) is 32.2 Å². The van der Waals surface area contributed by atoms with Crippen LogP contribution in [0.2, 0.25) is 5.02 Å². The van der Waals surface area contributed by atoms with Crippen molar-refractivity contribution < 1.29 is 4.74 Å². The predicted molar refractivity (Wildman–Crippen MR) is 67.3 cm³/mol. The zero-order valence-electron chi connectivity index (χ0n) is 9.63. The van der Waals surface area contributed by atoms with E-state index in [1.807, 2.05) is 19.1 Å². The molecule has 16 heavy (non-hydrogen) atoms. The molecule has 0 aromatic heterocycles. The topological polar surface area (TPSA) is 21.3 Å². The van der Waals surface area contributed by atoms with Crippen molar-refractivity contribution in [1.82, 2.24) is 5.32 Å². The summed E-state index contributed by atoms with van der Waals surface area (Å²) in [5, 5.41) is 4.21. The van der Waals surface area contributed by atoms with E-state index in [0.29, 0.717) is 12.6 Å². The molecule has 3 heteroatoms. The lowest BCUT2D eigenvalue weighted by Crippen LogP contribution is -2.23. The molecule has 88 valence electrons. The van der Waals surface area contributed by atoms with Crippen LogP contribution in [0.5, 0.6) is 5.75 Å². The van der Waals surface area contributed by atoms with Crippen LogP contribution >= 0.6 is 11.6 Å². The lowest BCUT2D eigenvalue weighted by atomic mass is 10.0. The minimum atomic E-state index is 0.619. The molecule has 0 amide bonds. The van der Waals surface area contributed by atoms with E-state index in [4.69, 9.17) is 16.3 Å². The summed E-state index contributed by atoms with van der Waals surface area (Å²) in [6, 6.07) is 6.72. The lowest BCUT2D eigenvalue weighted by Gasteiger charge is -2.12. The molecular formula is C13H18ClNO. The van der Waals surface area contributed by atoms with Gasteiger partial charge in [-0.05, 0) is 50.4 Å². The van der Waals surface area contributed by atoms with Crippen LogP contribution in [-0.4, -0.2) is 19.2 Å². The summed E-state index contributed by atoms with van der Waals surface area (Å²) >= 11 is 6.15. The molecule has 1 atom stereocenters. The van der Waals surface area contributed by atoms with Crippen LogP contribution in [0.25, 0.3) is 0 Å². The highest BCUT2D eigenvalue weighted by atomic mass is 35.5. The molecule has 1 fully saturated rings. The lowest BCUT2D eigenvalue weighted by molar-refractivity contribution is 0.340. The third-order valence-corrected chi connectivity index (χ3v) is 3.24. The quantitative estimate of drug-likeness (QED) is 0.872. The largest absolute Gasteiger partial charge is 0.492 e. The Labute approximate surface area is 102 Å². The first kappa shape index (κ1) is 11.7. The van der Waals surface area contributed by atoms with Crippen molar-refractivity contribution in [1.29, 1.82) is 0 Å². The van der Waals surface area contributed by atoms with Crippen molar-refractivity contribution in [3.63, 3.8) is 0 Å². The molecule has 1 aliphatic heterocycles. The Morgan fingerprint density at radius 3 is 3.00 bits per heavy atom. The van der Waals surface area contributed by atoms with Crippen molar-refractivity contribution in [3.05, 3.63) is 28.8 Å². The molecule has 1 aromatic carbocycles. The smallest absolute Gasteiger partial charge is 0.137 e. The van der Waals surface area contributed by atoms with Gasteiger partial charge in [-0.3, -0.25) is 0 Å². The number of ether oxygens (including phenoxy) is 1. The monoisotopic (exact) mass is 239 g/mol. The van der Waals surface area contributed by atoms with Crippen LogP contribution in [0.1, 0.15) is 25.3 Å². The third kappa shape index (κ3) is 2.89. The standard InChI is InChI=1S/C13H18ClNO/c1-2-16-13-6-5-10(9-12(13)14)8-11-4-3-7-15-11/h5-6,9,11,15H,2-4,7-8H2,1H3. The Morgan fingerprint density at radius 2 is 2.38 bits per heavy atom. The first-order chi connectivity index (χ1) is 7.79. The maximum Gasteiger partial charge on any atom is 0.137 e. The van der Waals surface area contributed by atoms with Gasteiger partial charge in [0.05, 0.1) is 11.6 Å². The Morgan fingerprint density at radius 1 is 1.50 bits per heavy atom. The van der Waals surface area contributed by atoms with Gasteiger partial charge < -0.3 is 10.1 Å². The van der Waals surface area contributed by atoms with E-state index in [1.165, 1.54) is 18.4 Å². The van der Waals surface area contributed by atoms with Gasteiger partial charge in [0, 0.05) is 6.04 Å². The maximum absolute atomic E-state index is 6.15. The maximum atomic E-state index is 6.15. The van der Waals surface area contributed by atoms with Gasteiger partial charge in [-0.25, -0.2) is 0 Å². The number of hydrogen-bond acceptors (Lipinski definition) is 2. The number of hydrogen-bond donors (Lipinski definition) is 1. The summed E-state index contributed by atoms with van der Waals surface area (Å²) in [6.07, 6.45) is 3.62. The normalized spacial score (nSPS) is 20.0. The molecule has 1 aliphatic rings. The first-order valence-electron chi connectivity index (χ1n) is 5.94. The molecule has 2 nitrogen and oxygen atoms in total. The van der Waals surface area contributed by atoms with Gasteiger partial charge in [0.2, 0.25) is 0 Å². The van der Waals surface area contributed by atoms with E-state index < -0.39 is 0 Å². The summed E-state index contributed by atoms with van der Waals surface area (Å²) in [5.74, 6) is 0.785. The van der Waals surface area contributed by atoms with Crippen molar-refractivity contribution in [2.24, 2.45) is 0 Å². The van der Waals surface area contributed by atoms with Crippen LogP contribution in [-0.2, 0) is 6.42 Å². The molecule has 1 unspecified atom stereocenters. The molecular weight excluding hydrogens is 222 g/mol. The van der Waals surface area contributed by atoms with Crippen molar-refractivity contribution in [3.8, 4) is 5.75 Å². The zero-order valence-corrected chi connectivity index (χ0v) is 10.4. The van der Waals surface area contributed by atoms with E-state index in [-0.39, 0.29) is 0 Å². The fourth-order valence-electron chi connectivity index (χ4n) is 2.16. The zero-order chi connectivity index (χ0) is 11.4. The number of nitrogens with one attached hydrogen (secondary N) is 1. The molecule has 1 heterocycles. The molecule has 0 bridgehead atoms. The summed E-state index contributed by atoms with van der Waals surface area (Å²) in [6.45, 7) is 3.77. The molecule has 0 radical (unpaired) electrons. The van der Waals surface area contributed by atoms with Gasteiger partial charge in [-0.15, -0.1) is 0 Å². The van der Waals surface area contributed by atoms with E-state index in [1.54, 1.807) is 0 Å². The van der Waals surface area contributed by atoms with Gasteiger partial charge in [0.25, 0.3) is 0 Å². The Hall–Kier alpha value is -0.730. The van der Waals surface area contributed by atoms with Crippen LogP contribution in [0, 0.1) is 0 Å². The number of rotatable bonds is 4. The highest BCUT2D eigenvalue weighted by molar-refractivity contribution is 6.32. The second kappa shape index (κ2) is 5.55. The minimum absolute atomic E-state index is 0.619. The second-order valence-corrected chi connectivity index (χ2v) is 4.60. The summed E-state index contributed by atoms with van der Waals surface area (Å²) < 4.78 is 5.41. The van der Waals surface area contributed by atoms with Crippen LogP contribution in [0.15, 0.2) is 18.2 Å². The van der Waals surface area contributed by atoms with Gasteiger partial charge in [-0.2, -0.15) is 0 Å². The highest BCUT2D eigenvalue weighted by Crippen LogP contribution is 2.26. The van der Waals surface area contributed by atoms with Gasteiger partial charge >= 0.3 is 0 Å². The van der Waals surface area contributed by atoms with E-state index in [0.717, 1.165) is 23.7 Å². The van der Waals surface area contributed by atoms with Crippen LogP contribution in [0.3, 0.4) is 0 Å². The average molecular weight is 240 g/mol. The van der Waals surface area contributed by atoms with Crippen molar-refractivity contribution in [2.75, 3.05) is 13.2 Å². The van der Waals surface area contributed by atoms with Gasteiger partial charge in [0.15, 0.2) is 0 Å². The number of benzene rings is 1. The van der Waals surface area contributed by atoms with Crippen LogP contribution < -0.4 is 10.1 Å². The molecule has 0 spiro atoms. The summed E-state index contributed by atoms with van der Waals surface area (Å²) in [7, 11) is 0. The summed E-state index contributed by atoms with van der Waals surface area (Å²) in [5.41, 5.74) is 1.29. The minimum Gasteiger partial charge on any atom is -0.492 e. The average Bonchev–Trinajstić information content (AvgIpc) is 2.75. The molecule has 1 aromatic rings. The molecule has 2 rings (SSSR count). The third-order valence-electron chi connectivity index (χ3n) is 2.94. The molecule has 1 saturated heterocycles. The van der Waals surface area contributed by atoms with Gasteiger partial charge in [-0.1, -0.05) is 17.7 Å². The Bertz CT molecular complexity index is 348. The second-order valence-electron chi connectivity index (χ2n) is 4.20. The summed E-state index contributed by atoms with van der Waals surface area (Å²) in [4.78, 5) is 0. The van der Waals surface area contributed by atoms with E-state index in [9.17, 15) is 0 Å². The van der Waals surface area contributed by atoms with Gasteiger partial charge in [0.1, 0.15) is 5.75 Å². The predicted octanol–water partition coefficient (Wildman–Crippen LogP) is 3.03. The fraction of sp³-hybridized carbons (Fsp3) is 0.538. The van der Waals surface area contributed by atoms with Crippen LogP contribution in [0.4, 0.5) is 0 Å². The SMILES string of the molecule is CCOc1ccc(CC2CCCN2)cc1Cl. The Kier molecular flexibility index (Phi) is 4.08.